The first-order valence-electron chi connectivity index (χ1n) is 6.27. The van der Waals surface area contributed by atoms with Gasteiger partial charge in [-0.15, -0.1) is 0 Å². The van der Waals surface area contributed by atoms with Crippen molar-refractivity contribution in [3.63, 3.8) is 0 Å². The highest BCUT2D eigenvalue weighted by Gasteiger charge is 2.15. The van der Waals surface area contributed by atoms with Gasteiger partial charge in [0.25, 0.3) is 6.43 Å². The molecule has 0 saturated heterocycles. The molecule has 0 aliphatic carbocycles. The number of carbonyl (C=O) groups excluding carboxylic acids is 1. The second-order valence-electron chi connectivity index (χ2n) is 4.23. The van der Waals surface area contributed by atoms with Gasteiger partial charge < -0.3 is 16.8 Å². The van der Waals surface area contributed by atoms with E-state index in [2.05, 4.69) is 20.6 Å². The highest BCUT2D eigenvalue weighted by Crippen LogP contribution is 2.16. The summed E-state index contributed by atoms with van der Waals surface area (Å²) in [5.41, 5.74) is 11.8. The molecule has 0 aliphatic rings. The van der Waals surface area contributed by atoms with Crippen LogP contribution in [0.15, 0.2) is 17.3 Å². The van der Waals surface area contributed by atoms with E-state index in [9.17, 15) is 13.6 Å². The molecule has 21 heavy (non-hydrogen) atoms. The van der Waals surface area contributed by atoms with Crippen LogP contribution in [0.3, 0.4) is 0 Å². The summed E-state index contributed by atoms with van der Waals surface area (Å²) < 4.78 is 24.8. The van der Waals surface area contributed by atoms with Gasteiger partial charge in [-0.3, -0.25) is 10.3 Å². The summed E-state index contributed by atoms with van der Waals surface area (Å²) in [4.78, 5) is 18.9. The molecule has 2 amide bonds. The first-order chi connectivity index (χ1) is 9.85. The Morgan fingerprint density at radius 1 is 1.52 bits per heavy atom. The maximum atomic E-state index is 12.4. The molecule has 1 aromatic rings. The van der Waals surface area contributed by atoms with Crippen molar-refractivity contribution in [2.24, 2.45) is 10.7 Å². The fraction of sp³-hybridized carbons (Fsp3) is 0.417. The molecule has 0 bridgehead atoms. The van der Waals surface area contributed by atoms with Gasteiger partial charge in [-0.05, 0) is 13.8 Å². The minimum atomic E-state index is -2.61. The highest BCUT2D eigenvalue weighted by molar-refractivity contribution is 6.02. The molecule has 6 N–H and O–H groups in total. The Bertz CT molecular complexity index is 534. The van der Waals surface area contributed by atoms with E-state index in [-0.39, 0.29) is 22.9 Å². The van der Waals surface area contributed by atoms with Gasteiger partial charge >= 0.3 is 6.03 Å². The number of hydrogen-bond donors (Lipinski definition) is 4. The molecule has 0 aromatic carbocycles. The van der Waals surface area contributed by atoms with Crippen molar-refractivity contribution in [2.75, 3.05) is 17.6 Å². The summed E-state index contributed by atoms with van der Waals surface area (Å²) >= 11 is 0. The van der Waals surface area contributed by atoms with E-state index in [1.54, 1.807) is 6.92 Å². The summed E-state index contributed by atoms with van der Waals surface area (Å²) in [7, 11) is 0. The number of pyridine rings is 1. The van der Waals surface area contributed by atoms with Crippen molar-refractivity contribution in [1.82, 2.24) is 10.3 Å². The minimum absolute atomic E-state index is 0.127. The van der Waals surface area contributed by atoms with E-state index >= 15 is 0 Å². The van der Waals surface area contributed by atoms with Crippen LogP contribution in [-0.4, -0.2) is 35.9 Å². The molecule has 0 radical (unpaired) electrons. The molecule has 0 aliphatic heterocycles. The van der Waals surface area contributed by atoms with Crippen LogP contribution in [-0.2, 0) is 0 Å². The Balaban J connectivity index is 2.90. The van der Waals surface area contributed by atoms with Crippen LogP contribution in [0.2, 0.25) is 0 Å². The maximum absolute atomic E-state index is 12.4. The maximum Gasteiger partial charge on any atom is 0.320 e. The number of urea groups is 1. The zero-order valence-electron chi connectivity index (χ0n) is 11.7. The number of nitrogens with zero attached hydrogens (tertiary/aromatic N) is 2. The van der Waals surface area contributed by atoms with Gasteiger partial charge in [0.05, 0.1) is 5.56 Å². The lowest BCUT2D eigenvalue weighted by Gasteiger charge is -2.10. The first-order valence-corrected chi connectivity index (χ1v) is 6.27. The number of nitrogens with two attached hydrogens (primary N) is 2. The number of amidine groups is 1. The molecular formula is C12H18F2N6O. The van der Waals surface area contributed by atoms with E-state index in [4.69, 9.17) is 11.5 Å². The molecule has 116 valence electrons. The van der Waals surface area contributed by atoms with E-state index in [1.165, 1.54) is 19.2 Å². The third-order valence-corrected chi connectivity index (χ3v) is 2.50. The number of hydrogen-bond acceptors (Lipinski definition) is 4. The third kappa shape index (κ3) is 4.86. The van der Waals surface area contributed by atoms with Crippen LogP contribution in [0.4, 0.5) is 25.1 Å². The number of amides is 2. The van der Waals surface area contributed by atoms with Crippen LogP contribution >= 0.6 is 0 Å². The molecule has 1 unspecified atom stereocenters. The molecule has 1 heterocycles. The third-order valence-electron chi connectivity index (χ3n) is 2.50. The minimum Gasteiger partial charge on any atom is -0.398 e. The van der Waals surface area contributed by atoms with Crippen LogP contribution in [0.25, 0.3) is 0 Å². The molecule has 7 nitrogen and oxygen atoms in total. The molecule has 0 saturated carbocycles. The van der Waals surface area contributed by atoms with Crippen molar-refractivity contribution in [3.05, 3.63) is 17.8 Å². The Labute approximate surface area is 120 Å². The number of carbonyl (C=O) groups is 1. The standard InChI is InChI=1S/C12H18F2N6O/c1-3-17-12(21)20-9-4-8(15)7(5-18-9)11(16)19-6(2)10(13)14/h4-6,10H,3H2,1-2H3,(H2,16,19)(H4,15,17,18,20,21). The van der Waals surface area contributed by atoms with E-state index in [1.807, 2.05) is 0 Å². The monoisotopic (exact) mass is 300 g/mol. The van der Waals surface area contributed by atoms with Gasteiger partial charge in [0.15, 0.2) is 0 Å². The Kier molecular flexibility index (Phi) is 5.82. The summed E-state index contributed by atoms with van der Waals surface area (Å²) in [6.07, 6.45) is -1.34. The van der Waals surface area contributed by atoms with Gasteiger partial charge in [0, 0.05) is 24.5 Å². The lowest BCUT2D eigenvalue weighted by molar-refractivity contribution is 0.124. The SMILES string of the molecule is CCNC(=O)Nc1cc(N)c(C(N)=NC(C)C(F)F)cn1. The Hall–Kier alpha value is -2.45. The molecule has 9 heteroatoms. The Morgan fingerprint density at radius 3 is 2.71 bits per heavy atom. The quantitative estimate of drug-likeness (QED) is 0.482. The smallest absolute Gasteiger partial charge is 0.320 e. The summed E-state index contributed by atoms with van der Waals surface area (Å²) in [5.74, 6) is 0.0919. The van der Waals surface area contributed by atoms with E-state index in [0.717, 1.165) is 0 Å². The molecule has 1 atom stereocenters. The van der Waals surface area contributed by atoms with Crippen LogP contribution in [0.1, 0.15) is 19.4 Å². The van der Waals surface area contributed by atoms with Gasteiger partial charge in [0.1, 0.15) is 17.7 Å². The number of nitrogens with one attached hydrogen (secondary N) is 2. The number of halogens is 2. The van der Waals surface area contributed by atoms with Crippen LogP contribution in [0, 0.1) is 0 Å². The van der Waals surface area contributed by atoms with Crippen molar-refractivity contribution < 1.29 is 13.6 Å². The number of aromatic nitrogens is 1. The number of aliphatic imine (C=N–C) groups is 1. The second-order valence-corrected chi connectivity index (χ2v) is 4.23. The molecular weight excluding hydrogens is 282 g/mol. The average molecular weight is 300 g/mol. The van der Waals surface area contributed by atoms with Crippen LogP contribution in [0.5, 0.6) is 0 Å². The zero-order chi connectivity index (χ0) is 16.0. The summed E-state index contributed by atoms with van der Waals surface area (Å²) in [5, 5.41) is 4.99. The predicted molar refractivity (Wildman–Crippen MR) is 77.5 cm³/mol. The van der Waals surface area contributed by atoms with Gasteiger partial charge in [0.2, 0.25) is 0 Å². The number of alkyl halides is 2. The lowest BCUT2D eigenvalue weighted by Crippen LogP contribution is -2.28. The number of anilines is 2. The highest BCUT2D eigenvalue weighted by atomic mass is 19.3. The van der Waals surface area contributed by atoms with Crippen molar-refractivity contribution in [3.8, 4) is 0 Å². The molecule has 1 rings (SSSR count). The predicted octanol–water partition coefficient (Wildman–Crippen LogP) is 1.16. The van der Waals surface area contributed by atoms with Gasteiger partial charge in [-0.25, -0.2) is 18.6 Å². The van der Waals surface area contributed by atoms with Gasteiger partial charge in [-0.1, -0.05) is 0 Å². The van der Waals surface area contributed by atoms with Crippen molar-refractivity contribution in [1.29, 1.82) is 0 Å². The first kappa shape index (κ1) is 16.6. The molecule has 0 spiro atoms. The van der Waals surface area contributed by atoms with Crippen molar-refractivity contribution >= 4 is 23.4 Å². The second kappa shape index (κ2) is 7.36. The fourth-order valence-electron chi connectivity index (χ4n) is 1.42. The van der Waals surface area contributed by atoms with E-state index in [0.29, 0.717) is 6.54 Å². The topological polar surface area (TPSA) is 118 Å². The zero-order valence-corrected chi connectivity index (χ0v) is 11.7. The normalized spacial score (nSPS) is 13.1. The fourth-order valence-corrected chi connectivity index (χ4v) is 1.42. The number of nitrogen functional groups attached to an aromatic ring is 1. The van der Waals surface area contributed by atoms with Crippen molar-refractivity contribution in [2.45, 2.75) is 26.3 Å². The molecule has 0 fully saturated rings. The average Bonchev–Trinajstić information content (AvgIpc) is 2.38. The van der Waals surface area contributed by atoms with Gasteiger partial charge in [-0.2, -0.15) is 0 Å². The number of rotatable bonds is 5. The summed E-state index contributed by atoms with van der Waals surface area (Å²) in [6.45, 7) is 3.47. The summed E-state index contributed by atoms with van der Waals surface area (Å²) in [6, 6.07) is -0.289. The van der Waals surface area contributed by atoms with Crippen LogP contribution < -0.4 is 22.1 Å². The largest absolute Gasteiger partial charge is 0.398 e. The lowest BCUT2D eigenvalue weighted by atomic mass is 10.2. The molecule has 1 aromatic heterocycles. The van der Waals surface area contributed by atoms with E-state index < -0.39 is 18.5 Å². The Morgan fingerprint density at radius 2 is 2.19 bits per heavy atom.